The first-order valence-corrected chi connectivity index (χ1v) is 20.5. The largest absolute Gasteiger partial charge is 0.490 e. The molecule has 4 atom stereocenters. The molecule has 0 aliphatic heterocycles. The Morgan fingerprint density at radius 3 is 2.03 bits per heavy atom. The van der Waals surface area contributed by atoms with E-state index in [2.05, 4.69) is 10.6 Å². The van der Waals surface area contributed by atoms with Crippen molar-refractivity contribution in [2.75, 3.05) is 45.2 Å². The highest BCUT2D eigenvalue weighted by Gasteiger charge is 2.39. The van der Waals surface area contributed by atoms with E-state index < -0.39 is 95.3 Å². The number of nitrogens with two attached hydrogens (primary N) is 2. The van der Waals surface area contributed by atoms with Gasteiger partial charge in [0.15, 0.2) is 0 Å². The van der Waals surface area contributed by atoms with Crippen molar-refractivity contribution in [1.29, 1.82) is 0 Å². The number of aliphatic hydroxyl groups is 1. The number of hydrogen-bond donors (Lipinski definition) is 8. The van der Waals surface area contributed by atoms with Gasteiger partial charge in [-0.2, -0.15) is 13.2 Å². The molecule has 354 valence electrons. The van der Waals surface area contributed by atoms with Crippen LogP contribution in [0.2, 0.25) is 0 Å². The van der Waals surface area contributed by atoms with Gasteiger partial charge in [0.1, 0.15) is 29.5 Å². The number of amides is 3. The van der Waals surface area contributed by atoms with Gasteiger partial charge in [0, 0.05) is 61.4 Å². The standard InChI is InChI=1S/C39H52F2N6O9S.C2HF3O2/c1-39(2,3)35(31-17-25(27-18-26(40)9-10-28(27)41)21-46(31)20-24-7-5-4-6-8-24)47(34(50)22-48)14-11-29(42)36(51)45-13-16-56-15-12-44-33(49)19-32(38(54)55)57-23-30(43)37(52)53;3-2(4,5)1(6)7/h4-10,17-18,21,29-30,32,35,48H,11-16,19-20,22-23,42-43H2,1-3H3,(H,44,49)(H,45,51)(H,52,53)(H,54,55);(H,6,7)/t29-,30-,32?,35-;/m0./s1. The van der Waals surface area contributed by atoms with Crippen molar-refractivity contribution >= 4 is 47.4 Å². The number of aliphatic carboxylic acids is 3. The lowest BCUT2D eigenvalue weighted by atomic mass is 9.82. The molecular formula is C41H53F5N6O11S. The normalized spacial score (nSPS) is 13.4. The molecule has 1 unspecified atom stereocenters. The summed E-state index contributed by atoms with van der Waals surface area (Å²) in [5.41, 5.74) is 12.9. The molecule has 0 fully saturated rings. The molecule has 23 heteroatoms. The number of ether oxygens (including phenoxy) is 1. The van der Waals surface area contributed by atoms with Crippen molar-refractivity contribution in [1.82, 2.24) is 20.1 Å². The van der Waals surface area contributed by atoms with Crippen molar-refractivity contribution in [3.63, 3.8) is 0 Å². The molecular weight excluding hydrogens is 880 g/mol. The Bertz CT molecular complexity index is 2040. The molecule has 64 heavy (non-hydrogen) atoms. The molecule has 0 saturated heterocycles. The maximum atomic E-state index is 15.0. The van der Waals surface area contributed by atoms with Gasteiger partial charge in [-0.05, 0) is 41.7 Å². The first kappa shape index (κ1) is 54.5. The second-order valence-corrected chi connectivity index (χ2v) is 16.4. The molecule has 1 heterocycles. The van der Waals surface area contributed by atoms with E-state index in [9.17, 15) is 51.7 Å². The fraction of sp³-hybridized carbons (Fsp3) is 0.463. The SMILES string of the molecule is CC(C)(C)[C@H](c1cc(-c2cc(F)ccc2F)cn1Cc1ccccc1)N(CC[C@H](N)C(=O)NCCOCCNC(=O)CC(SC[C@H](N)C(=O)O)C(=O)O)C(=O)CO.O=C(O)C(F)(F)F. The number of rotatable bonds is 23. The summed E-state index contributed by atoms with van der Waals surface area (Å²) in [6, 6.07) is 11.3. The highest BCUT2D eigenvalue weighted by atomic mass is 32.2. The molecule has 0 radical (unpaired) electrons. The monoisotopic (exact) mass is 932 g/mol. The zero-order valence-electron chi connectivity index (χ0n) is 35.1. The van der Waals surface area contributed by atoms with Gasteiger partial charge in [-0.25, -0.2) is 13.6 Å². The lowest BCUT2D eigenvalue weighted by molar-refractivity contribution is -0.192. The van der Waals surface area contributed by atoms with Crippen molar-refractivity contribution in [2.24, 2.45) is 16.9 Å². The minimum Gasteiger partial charge on any atom is -0.480 e. The summed E-state index contributed by atoms with van der Waals surface area (Å²) in [5.74, 6) is -8.44. The van der Waals surface area contributed by atoms with Crippen LogP contribution in [0.25, 0.3) is 11.1 Å². The zero-order valence-corrected chi connectivity index (χ0v) is 36.0. The maximum absolute atomic E-state index is 15.0. The number of hydrogen-bond acceptors (Lipinski definition) is 11. The molecule has 0 aliphatic carbocycles. The molecule has 10 N–H and O–H groups in total. The van der Waals surface area contributed by atoms with Gasteiger partial charge in [0.05, 0.1) is 25.3 Å². The first-order valence-electron chi connectivity index (χ1n) is 19.5. The van der Waals surface area contributed by atoms with E-state index in [1.165, 1.54) is 4.90 Å². The van der Waals surface area contributed by atoms with Gasteiger partial charge in [0.25, 0.3) is 0 Å². The average Bonchev–Trinajstić information content (AvgIpc) is 3.62. The van der Waals surface area contributed by atoms with Gasteiger partial charge in [-0.15, -0.1) is 11.8 Å². The van der Waals surface area contributed by atoms with Crippen LogP contribution < -0.4 is 22.1 Å². The van der Waals surface area contributed by atoms with Crippen LogP contribution in [-0.2, 0) is 40.0 Å². The Hall–Kier alpha value is -5.62. The van der Waals surface area contributed by atoms with Gasteiger partial charge < -0.3 is 56.7 Å². The summed E-state index contributed by atoms with van der Waals surface area (Å²) in [5, 5.41) is 39.4. The van der Waals surface area contributed by atoms with Gasteiger partial charge in [-0.3, -0.25) is 24.0 Å². The van der Waals surface area contributed by atoms with Crippen LogP contribution in [0.1, 0.15) is 50.9 Å². The molecule has 0 saturated carbocycles. The van der Waals surface area contributed by atoms with Crippen LogP contribution >= 0.6 is 11.8 Å². The zero-order chi connectivity index (χ0) is 48.4. The van der Waals surface area contributed by atoms with E-state index in [0.29, 0.717) is 17.8 Å². The average molecular weight is 933 g/mol. The fourth-order valence-corrected chi connectivity index (χ4v) is 7.00. The number of nitrogens with zero attached hydrogens (tertiary/aromatic N) is 2. The third-order valence-corrected chi connectivity index (χ3v) is 10.4. The van der Waals surface area contributed by atoms with E-state index >= 15 is 4.39 Å². The highest BCUT2D eigenvalue weighted by Crippen LogP contribution is 2.41. The molecule has 1 aromatic heterocycles. The number of aromatic nitrogens is 1. The first-order chi connectivity index (χ1) is 29.9. The lowest BCUT2D eigenvalue weighted by Crippen LogP contribution is -2.48. The predicted octanol–water partition coefficient (Wildman–Crippen LogP) is 2.98. The molecule has 0 spiro atoms. The van der Waals surface area contributed by atoms with E-state index in [4.69, 9.17) is 31.2 Å². The van der Waals surface area contributed by atoms with Gasteiger partial charge in [0.2, 0.25) is 17.7 Å². The van der Waals surface area contributed by atoms with Gasteiger partial charge in [-0.1, -0.05) is 51.1 Å². The Morgan fingerprint density at radius 1 is 0.875 bits per heavy atom. The number of carbonyl (C=O) groups excluding carboxylic acids is 3. The molecule has 2 aromatic carbocycles. The summed E-state index contributed by atoms with van der Waals surface area (Å²) < 4.78 is 68.3. The predicted molar refractivity (Wildman–Crippen MR) is 224 cm³/mol. The number of aliphatic hydroxyl groups excluding tert-OH is 1. The molecule has 3 aromatic rings. The molecule has 3 amide bonds. The lowest BCUT2D eigenvalue weighted by Gasteiger charge is -2.41. The minimum atomic E-state index is -5.08. The number of carbonyl (C=O) groups is 6. The molecule has 17 nitrogen and oxygen atoms in total. The highest BCUT2D eigenvalue weighted by molar-refractivity contribution is 8.00. The smallest absolute Gasteiger partial charge is 0.480 e. The third kappa shape index (κ3) is 18.2. The van der Waals surface area contributed by atoms with Crippen molar-refractivity contribution in [3.05, 3.63) is 83.7 Å². The van der Waals surface area contributed by atoms with E-state index in [1.54, 1.807) is 12.3 Å². The minimum absolute atomic E-state index is 0.0136. The molecule has 0 aliphatic rings. The number of halogens is 5. The third-order valence-electron chi connectivity index (χ3n) is 9.05. The van der Waals surface area contributed by atoms with Crippen LogP contribution in [0.15, 0.2) is 60.8 Å². The van der Waals surface area contributed by atoms with E-state index in [-0.39, 0.29) is 50.6 Å². The number of carboxylic acids is 3. The van der Waals surface area contributed by atoms with Gasteiger partial charge >= 0.3 is 24.1 Å². The number of thioether (sulfide) groups is 1. The van der Waals surface area contributed by atoms with Crippen LogP contribution in [0.3, 0.4) is 0 Å². The Balaban J connectivity index is 0.00000185. The fourth-order valence-electron chi connectivity index (χ4n) is 6.00. The number of nitrogens with one attached hydrogen (secondary N) is 2. The quantitative estimate of drug-likeness (QED) is 0.0502. The summed E-state index contributed by atoms with van der Waals surface area (Å²) in [6.07, 6.45) is -3.76. The maximum Gasteiger partial charge on any atom is 0.490 e. The second-order valence-electron chi connectivity index (χ2n) is 15.2. The number of alkyl halides is 3. The number of carboxylic acid groups (broad SMARTS) is 3. The summed E-state index contributed by atoms with van der Waals surface area (Å²) in [6.45, 7) is 5.43. The van der Waals surface area contributed by atoms with Crippen LogP contribution in [0, 0.1) is 17.0 Å². The van der Waals surface area contributed by atoms with Crippen LogP contribution in [0.5, 0.6) is 0 Å². The summed E-state index contributed by atoms with van der Waals surface area (Å²) in [7, 11) is 0. The van der Waals surface area contributed by atoms with Crippen molar-refractivity contribution in [2.45, 2.75) is 69.7 Å². The van der Waals surface area contributed by atoms with Crippen LogP contribution in [-0.4, -0.2) is 134 Å². The van der Waals surface area contributed by atoms with E-state index in [1.807, 2.05) is 55.7 Å². The van der Waals surface area contributed by atoms with E-state index in [0.717, 1.165) is 35.5 Å². The second kappa shape index (κ2) is 25.6. The van der Waals surface area contributed by atoms with Crippen LogP contribution in [0.4, 0.5) is 22.0 Å². The Labute approximate surface area is 369 Å². The topological polar surface area (TPSA) is 277 Å². The molecule has 3 rings (SSSR count). The summed E-state index contributed by atoms with van der Waals surface area (Å²) in [4.78, 5) is 71.2. The number of benzene rings is 2. The van der Waals surface area contributed by atoms with Crippen molar-refractivity contribution in [3.8, 4) is 11.1 Å². The Kier molecular flexibility index (Phi) is 21.8. The van der Waals surface area contributed by atoms with Crippen molar-refractivity contribution < 1.29 is 75.9 Å². The molecule has 0 bridgehead atoms. The Morgan fingerprint density at radius 2 is 1.48 bits per heavy atom. The summed E-state index contributed by atoms with van der Waals surface area (Å²) >= 11 is 0.758.